The van der Waals surface area contributed by atoms with Crippen molar-refractivity contribution in [2.45, 2.75) is 125 Å². The van der Waals surface area contributed by atoms with Crippen LogP contribution in [0.3, 0.4) is 0 Å². The van der Waals surface area contributed by atoms with E-state index in [0.717, 1.165) is 38.5 Å². The van der Waals surface area contributed by atoms with Gasteiger partial charge in [0.05, 0.1) is 12.2 Å². The molecule has 0 spiro atoms. The van der Waals surface area contributed by atoms with Gasteiger partial charge in [-0.25, -0.2) is 0 Å². The topological polar surface area (TPSA) is 87.0 Å². The van der Waals surface area contributed by atoms with E-state index < -0.39 is 23.9 Å². The molecule has 0 saturated heterocycles. The van der Waals surface area contributed by atoms with Gasteiger partial charge in [-0.15, -0.1) is 0 Å². The van der Waals surface area contributed by atoms with Gasteiger partial charge in [0.15, 0.2) is 6.29 Å². The van der Waals surface area contributed by atoms with Crippen LogP contribution in [-0.2, 0) is 9.53 Å². The molecule has 5 heteroatoms. The highest BCUT2D eigenvalue weighted by atomic mass is 16.6. The number of hydrogen-bond donors (Lipinski definition) is 3. The van der Waals surface area contributed by atoms with Gasteiger partial charge < -0.3 is 20.1 Å². The number of Topliss-reactive ketones (excluding diaryl/α,β-unsaturated/α-hetero) is 1. The van der Waals surface area contributed by atoms with Crippen LogP contribution in [0.1, 0.15) is 107 Å². The van der Waals surface area contributed by atoms with Gasteiger partial charge in [0.2, 0.25) is 0 Å². The van der Waals surface area contributed by atoms with Crippen LogP contribution in [0.15, 0.2) is 0 Å². The van der Waals surface area contributed by atoms with Crippen molar-refractivity contribution in [2.75, 3.05) is 7.11 Å². The van der Waals surface area contributed by atoms with Crippen LogP contribution in [0.4, 0.5) is 0 Å². The lowest BCUT2D eigenvalue weighted by molar-refractivity contribution is -0.239. The summed E-state index contributed by atoms with van der Waals surface area (Å²) in [6.45, 7) is 17.9. The lowest BCUT2D eigenvalue weighted by Gasteiger charge is -2.70. The van der Waals surface area contributed by atoms with E-state index in [9.17, 15) is 20.1 Å². The number of ketones is 1. The standard InChI is InChI=1S/C35H60O5/c1-18-12-23(14-24(13-18)32(39)40-9)25-11-10-19(2)28-26(25)16-33(6)17-34(7)15-20(3)27(22(5)36)31(38)35(34,8)21(4)29(33)30(28)37/h18-30,32,36-37,39H,10-17H2,1-9H3. The molecule has 0 aromatic rings. The molecule has 0 aliphatic heterocycles. The van der Waals surface area contributed by atoms with E-state index in [2.05, 4.69) is 48.5 Å². The molecule has 5 fully saturated rings. The Morgan fingerprint density at radius 1 is 0.925 bits per heavy atom. The Morgan fingerprint density at radius 2 is 1.60 bits per heavy atom. The van der Waals surface area contributed by atoms with E-state index in [4.69, 9.17) is 4.74 Å². The highest BCUT2D eigenvalue weighted by molar-refractivity contribution is 5.89. The van der Waals surface area contributed by atoms with Crippen LogP contribution >= 0.6 is 0 Å². The molecule has 0 bridgehead atoms. The normalized spacial score (nSPS) is 56.5. The maximum atomic E-state index is 14.3. The van der Waals surface area contributed by atoms with Crippen molar-refractivity contribution in [3.63, 3.8) is 0 Å². The first-order valence-electron chi connectivity index (χ1n) is 16.7. The fourth-order valence-electron chi connectivity index (χ4n) is 12.9. The molecular formula is C35H60O5. The van der Waals surface area contributed by atoms with E-state index in [0.29, 0.717) is 29.6 Å². The largest absolute Gasteiger partial charge is 0.393 e. The summed E-state index contributed by atoms with van der Waals surface area (Å²) in [6, 6.07) is 0. The number of rotatable bonds is 4. The maximum Gasteiger partial charge on any atom is 0.156 e. The van der Waals surface area contributed by atoms with Gasteiger partial charge in [0.25, 0.3) is 0 Å². The Labute approximate surface area is 244 Å². The number of carbonyl (C=O) groups excluding carboxylic acids is 1. The Kier molecular flexibility index (Phi) is 8.20. The fourth-order valence-corrected chi connectivity index (χ4v) is 12.9. The SMILES string of the molecule is COC(O)C1CC(C)CC(C2CCC(C)C3C(O)C4C(C)C5(C)C(=O)C(C(C)O)C(C)CC5(C)CC4(C)CC23)C1. The van der Waals surface area contributed by atoms with Gasteiger partial charge in [-0.3, -0.25) is 4.79 Å². The summed E-state index contributed by atoms with van der Waals surface area (Å²) >= 11 is 0. The molecule has 230 valence electrons. The number of aliphatic hydroxyl groups excluding tert-OH is 3. The highest BCUT2D eigenvalue weighted by Crippen LogP contribution is 2.72. The van der Waals surface area contributed by atoms with Gasteiger partial charge in [-0.2, -0.15) is 0 Å². The number of aliphatic hydroxyl groups is 3. The van der Waals surface area contributed by atoms with Crippen molar-refractivity contribution in [3.8, 4) is 0 Å². The monoisotopic (exact) mass is 560 g/mol. The highest BCUT2D eigenvalue weighted by Gasteiger charge is 2.70. The van der Waals surface area contributed by atoms with Crippen molar-refractivity contribution < 1.29 is 24.9 Å². The van der Waals surface area contributed by atoms with Crippen LogP contribution in [0, 0.1) is 81.3 Å². The van der Waals surface area contributed by atoms with Gasteiger partial charge in [0, 0.05) is 24.4 Å². The predicted molar refractivity (Wildman–Crippen MR) is 158 cm³/mol. The van der Waals surface area contributed by atoms with Crippen LogP contribution in [0.5, 0.6) is 0 Å². The molecule has 5 aliphatic carbocycles. The van der Waals surface area contributed by atoms with Gasteiger partial charge in [-0.1, -0.05) is 54.9 Å². The molecule has 0 heterocycles. The summed E-state index contributed by atoms with van der Waals surface area (Å²) < 4.78 is 5.40. The zero-order valence-electron chi connectivity index (χ0n) is 26.9. The first kappa shape index (κ1) is 31.0. The second-order valence-corrected chi connectivity index (χ2v) is 16.8. The minimum Gasteiger partial charge on any atom is -0.393 e. The Bertz CT molecular complexity index is 950. The van der Waals surface area contributed by atoms with Crippen LogP contribution in [0.2, 0.25) is 0 Å². The molecule has 0 aromatic heterocycles. The average molecular weight is 561 g/mol. The molecular weight excluding hydrogens is 500 g/mol. The fraction of sp³-hybridized carbons (Fsp3) is 0.971. The van der Waals surface area contributed by atoms with E-state index in [1.54, 1.807) is 14.0 Å². The van der Waals surface area contributed by atoms with Crippen molar-refractivity contribution in [2.24, 2.45) is 81.3 Å². The molecule has 0 radical (unpaired) electrons. The van der Waals surface area contributed by atoms with Gasteiger partial charge in [-0.05, 0) is 116 Å². The summed E-state index contributed by atoms with van der Waals surface area (Å²) in [5.74, 6) is 3.37. The third-order valence-corrected chi connectivity index (χ3v) is 14.4. The molecule has 0 aromatic carbocycles. The minimum atomic E-state index is -0.685. The number of fused-ring (bicyclic) bond motifs is 3. The lowest BCUT2D eigenvalue weighted by atomic mass is 9.34. The summed E-state index contributed by atoms with van der Waals surface area (Å²) in [6.07, 6.45) is 6.97. The zero-order valence-corrected chi connectivity index (χ0v) is 26.9. The van der Waals surface area contributed by atoms with Crippen molar-refractivity contribution in [3.05, 3.63) is 0 Å². The second-order valence-electron chi connectivity index (χ2n) is 16.8. The summed E-state index contributed by atoms with van der Waals surface area (Å²) in [5.41, 5.74) is -0.708. The second kappa shape index (κ2) is 10.6. The van der Waals surface area contributed by atoms with Gasteiger partial charge in [0.1, 0.15) is 5.78 Å². The average Bonchev–Trinajstić information content (AvgIpc) is 2.85. The van der Waals surface area contributed by atoms with E-state index in [-0.39, 0.29) is 52.1 Å². The van der Waals surface area contributed by atoms with Crippen molar-refractivity contribution >= 4 is 5.78 Å². The van der Waals surface area contributed by atoms with Crippen LogP contribution < -0.4 is 0 Å². The van der Waals surface area contributed by atoms with E-state index >= 15 is 0 Å². The first-order valence-corrected chi connectivity index (χ1v) is 16.7. The first-order chi connectivity index (χ1) is 18.6. The quantitative estimate of drug-likeness (QED) is 0.350. The van der Waals surface area contributed by atoms with Gasteiger partial charge >= 0.3 is 0 Å². The Hall–Kier alpha value is -0.490. The maximum absolute atomic E-state index is 14.3. The molecule has 5 rings (SSSR count). The number of carbonyl (C=O) groups is 1. The molecule has 5 aliphatic rings. The smallest absolute Gasteiger partial charge is 0.156 e. The molecule has 40 heavy (non-hydrogen) atoms. The van der Waals surface area contributed by atoms with Crippen molar-refractivity contribution in [1.82, 2.24) is 0 Å². The molecule has 5 saturated carbocycles. The zero-order chi connectivity index (χ0) is 29.5. The Morgan fingerprint density at radius 3 is 2.23 bits per heavy atom. The third kappa shape index (κ3) is 4.49. The third-order valence-electron chi connectivity index (χ3n) is 14.4. The van der Waals surface area contributed by atoms with Crippen LogP contribution in [0.25, 0.3) is 0 Å². The number of methoxy groups -OCH3 is 1. The minimum absolute atomic E-state index is 0.0209. The van der Waals surface area contributed by atoms with E-state index in [1.807, 2.05) is 0 Å². The molecule has 3 N–H and O–H groups in total. The summed E-state index contributed by atoms with van der Waals surface area (Å²) in [5, 5.41) is 33.7. The number of hydrogen-bond acceptors (Lipinski definition) is 5. The van der Waals surface area contributed by atoms with Crippen molar-refractivity contribution in [1.29, 1.82) is 0 Å². The Balaban J connectivity index is 1.50. The van der Waals surface area contributed by atoms with E-state index in [1.165, 1.54) is 12.8 Å². The summed E-state index contributed by atoms with van der Waals surface area (Å²) in [4.78, 5) is 14.3. The predicted octanol–water partition coefficient (Wildman–Crippen LogP) is 6.33. The molecule has 5 nitrogen and oxygen atoms in total. The van der Waals surface area contributed by atoms with Crippen LogP contribution in [-0.4, -0.2) is 46.7 Å². The lowest BCUT2D eigenvalue weighted by Crippen LogP contribution is -2.69. The molecule has 0 amide bonds. The molecule has 17 atom stereocenters. The molecule has 17 unspecified atom stereocenters. The number of ether oxygens (including phenoxy) is 1. The summed E-state index contributed by atoms with van der Waals surface area (Å²) in [7, 11) is 1.62.